The Morgan fingerprint density at radius 2 is 1.91 bits per heavy atom. The van der Waals surface area contributed by atoms with Crippen LogP contribution in [0.15, 0.2) is 52.5 Å². The first kappa shape index (κ1) is 22.8. The lowest BCUT2D eigenvalue weighted by Gasteiger charge is -2.29. The minimum Gasteiger partial charge on any atom is -0.310 e. The number of pyridine rings is 1. The van der Waals surface area contributed by atoms with Gasteiger partial charge < -0.3 is 9.80 Å². The molecule has 5 rings (SSSR count). The van der Waals surface area contributed by atoms with Crippen LogP contribution in [0.2, 0.25) is 0 Å². The maximum Gasteiger partial charge on any atom is 0.165 e. The van der Waals surface area contributed by atoms with Crippen molar-refractivity contribution in [2.75, 3.05) is 31.7 Å². The second kappa shape index (κ2) is 8.69. The summed E-state index contributed by atoms with van der Waals surface area (Å²) in [5, 5.41) is 0. The third kappa shape index (κ3) is 3.86. The maximum atomic E-state index is 15.2. The summed E-state index contributed by atoms with van der Waals surface area (Å²) in [4.78, 5) is 17.5. The number of fused-ring (bicyclic) bond motifs is 1. The molecule has 3 aliphatic heterocycles. The molecule has 0 radical (unpaired) electrons. The molecule has 1 atom stereocenters. The van der Waals surface area contributed by atoms with Gasteiger partial charge in [-0.3, -0.25) is 9.98 Å². The van der Waals surface area contributed by atoms with Crippen molar-refractivity contribution in [2.24, 2.45) is 9.98 Å². The van der Waals surface area contributed by atoms with Crippen LogP contribution in [-0.2, 0) is 5.41 Å². The Morgan fingerprint density at radius 1 is 1.15 bits per heavy atom. The third-order valence-electron chi connectivity index (χ3n) is 7.85. The number of hydrogen-bond donors (Lipinski definition) is 0. The number of aromatic nitrogens is 1. The van der Waals surface area contributed by atoms with Crippen LogP contribution < -0.4 is 4.90 Å². The van der Waals surface area contributed by atoms with Crippen molar-refractivity contribution in [3.63, 3.8) is 0 Å². The van der Waals surface area contributed by atoms with Gasteiger partial charge in [0, 0.05) is 29.1 Å². The average molecular weight is 464 g/mol. The first-order valence-electron chi connectivity index (χ1n) is 12.0. The second-order valence-corrected chi connectivity index (χ2v) is 9.86. The monoisotopic (exact) mass is 463 g/mol. The van der Waals surface area contributed by atoms with Crippen LogP contribution >= 0.6 is 0 Å². The first-order chi connectivity index (χ1) is 16.3. The van der Waals surface area contributed by atoms with Crippen molar-refractivity contribution in [1.29, 1.82) is 0 Å². The minimum atomic E-state index is -0.499. The number of hydrogen-bond acceptors (Lipinski definition) is 5. The van der Waals surface area contributed by atoms with Gasteiger partial charge in [-0.2, -0.15) is 0 Å². The zero-order chi connectivity index (χ0) is 24.0. The van der Waals surface area contributed by atoms with E-state index in [2.05, 4.69) is 46.8 Å². The van der Waals surface area contributed by atoms with Gasteiger partial charge in [0.05, 0.1) is 0 Å². The largest absolute Gasteiger partial charge is 0.310 e. The Kier molecular flexibility index (Phi) is 5.84. The standard InChI is InChI=1S/C27H31F2N5/c1-5-27(3)17(2)32-26-21(27)12-20(13-22(26)28)25-23(29)15-34(16-31-25)24-7-6-19(14-30-24)18-8-10-33(4)11-9-18/h6-7,12-15,18H,5,8-11,16H2,1-4H3. The fourth-order valence-corrected chi connectivity index (χ4v) is 5.18. The molecular weight excluding hydrogens is 432 g/mol. The molecule has 0 amide bonds. The molecule has 7 heteroatoms. The molecule has 2 aromatic rings. The van der Waals surface area contributed by atoms with Crippen molar-refractivity contribution in [2.45, 2.75) is 51.4 Å². The average Bonchev–Trinajstić information content (AvgIpc) is 3.10. The topological polar surface area (TPSA) is 44.1 Å². The van der Waals surface area contributed by atoms with Gasteiger partial charge in [0.1, 0.15) is 29.7 Å². The van der Waals surface area contributed by atoms with Crippen LogP contribution in [0.5, 0.6) is 0 Å². The summed E-state index contributed by atoms with van der Waals surface area (Å²) in [6.07, 6.45) is 6.35. The Morgan fingerprint density at radius 3 is 2.56 bits per heavy atom. The van der Waals surface area contributed by atoms with E-state index >= 15 is 4.39 Å². The molecule has 34 heavy (non-hydrogen) atoms. The number of piperidine rings is 1. The van der Waals surface area contributed by atoms with Gasteiger partial charge >= 0.3 is 0 Å². The molecular formula is C27H31F2N5. The van der Waals surface area contributed by atoms with E-state index < -0.39 is 11.6 Å². The van der Waals surface area contributed by atoms with Crippen molar-refractivity contribution in [1.82, 2.24) is 9.88 Å². The Hall–Kier alpha value is -2.93. The van der Waals surface area contributed by atoms with Crippen molar-refractivity contribution in [3.8, 4) is 0 Å². The summed E-state index contributed by atoms with van der Waals surface area (Å²) in [6, 6.07) is 7.21. The number of allylic oxidation sites excluding steroid dienone is 1. The number of anilines is 1. The zero-order valence-electron chi connectivity index (χ0n) is 20.3. The molecule has 0 spiro atoms. The van der Waals surface area contributed by atoms with Crippen molar-refractivity contribution in [3.05, 3.63) is 65.0 Å². The van der Waals surface area contributed by atoms with Crippen LogP contribution in [0, 0.1) is 5.82 Å². The van der Waals surface area contributed by atoms with E-state index in [0.717, 1.165) is 43.6 Å². The molecule has 1 fully saturated rings. The molecule has 1 aromatic heterocycles. The number of likely N-dealkylation sites (tertiary alicyclic amines) is 1. The highest BCUT2D eigenvalue weighted by Gasteiger charge is 2.37. The van der Waals surface area contributed by atoms with Gasteiger partial charge in [0.25, 0.3) is 0 Å². The lowest BCUT2D eigenvalue weighted by atomic mass is 9.77. The van der Waals surface area contributed by atoms with Gasteiger partial charge in [-0.15, -0.1) is 0 Å². The predicted octanol–water partition coefficient (Wildman–Crippen LogP) is 5.88. The molecule has 3 aliphatic rings. The fourth-order valence-electron chi connectivity index (χ4n) is 5.18. The summed E-state index contributed by atoms with van der Waals surface area (Å²) < 4.78 is 30.1. The van der Waals surface area contributed by atoms with E-state index in [4.69, 9.17) is 0 Å². The van der Waals surface area contributed by atoms with E-state index in [-0.39, 0.29) is 17.8 Å². The molecule has 1 unspecified atom stereocenters. The van der Waals surface area contributed by atoms with Crippen molar-refractivity contribution < 1.29 is 8.78 Å². The smallest absolute Gasteiger partial charge is 0.165 e. The highest BCUT2D eigenvalue weighted by molar-refractivity contribution is 6.13. The normalized spacial score (nSPS) is 23.5. The van der Waals surface area contributed by atoms with Crippen LogP contribution in [0.4, 0.5) is 20.3 Å². The summed E-state index contributed by atoms with van der Waals surface area (Å²) >= 11 is 0. The summed E-state index contributed by atoms with van der Waals surface area (Å²) in [5.74, 6) is 0.234. The van der Waals surface area contributed by atoms with Crippen LogP contribution in [-0.4, -0.2) is 48.1 Å². The Bertz CT molecular complexity index is 1190. The molecule has 5 nitrogen and oxygen atoms in total. The quantitative estimate of drug-likeness (QED) is 0.569. The zero-order valence-corrected chi connectivity index (χ0v) is 20.3. The van der Waals surface area contributed by atoms with Gasteiger partial charge in [-0.1, -0.05) is 19.9 Å². The summed E-state index contributed by atoms with van der Waals surface area (Å²) in [5.41, 5.74) is 3.53. The van der Waals surface area contributed by atoms with E-state index in [9.17, 15) is 4.39 Å². The maximum absolute atomic E-state index is 15.2. The van der Waals surface area contributed by atoms with Gasteiger partial charge in [0.2, 0.25) is 0 Å². The highest BCUT2D eigenvalue weighted by atomic mass is 19.1. The highest BCUT2D eigenvalue weighted by Crippen LogP contribution is 2.44. The van der Waals surface area contributed by atoms with Crippen molar-refractivity contribution >= 4 is 22.9 Å². The predicted molar refractivity (Wildman–Crippen MR) is 134 cm³/mol. The molecule has 1 saturated heterocycles. The fraction of sp³-hybridized carbons (Fsp3) is 0.444. The van der Waals surface area contributed by atoms with Crippen LogP contribution in [0.25, 0.3) is 0 Å². The van der Waals surface area contributed by atoms with E-state index in [1.54, 1.807) is 4.90 Å². The molecule has 4 heterocycles. The molecule has 0 N–H and O–H groups in total. The minimum absolute atomic E-state index is 0.170. The number of nitrogens with zero attached hydrogens (tertiary/aromatic N) is 5. The lowest BCUT2D eigenvalue weighted by Crippen LogP contribution is -2.29. The van der Waals surface area contributed by atoms with Gasteiger partial charge in [0.15, 0.2) is 5.83 Å². The molecule has 0 aliphatic carbocycles. The number of aliphatic imine (C=N–C) groups is 2. The summed E-state index contributed by atoms with van der Waals surface area (Å²) in [7, 11) is 2.15. The molecule has 178 valence electrons. The lowest BCUT2D eigenvalue weighted by molar-refractivity contribution is 0.255. The molecule has 0 bridgehead atoms. The summed E-state index contributed by atoms with van der Waals surface area (Å²) in [6.45, 7) is 8.44. The molecule has 0 saturated carbocycles. The Balaban J connectivity index is 1.36. The van der Waals surface area contributed by atoms with Crippen LogP contribution in [0.3, 0.4) is 0 Å². The number of rotatable bonds is 4. The first-order valence-corrected chi connectivity index (χ1v) is 12.0. The third-order valence-corrected chi connectivity index (χ3v) is 7.85. The van der Waals surface area contributed by atoms with E-state index in [1.165, 1.54) is 17.8 Å². The van der Waals surface area contributed by atoms with Gasteiger partial charge in [-0.25, -0.2) is 13.8 Å². The van der Waals surface area contributed by atoms with Gasteiger partial charge in [-0.05, 0) is 81.6 Å². The Labute approximate surface area is 199 Å². The number of benzene rings is 1. The second-order valence-electron chi connectivity index (χ2n) is 9.86. The SMILES string of the molecule is CCC1(C)C(C)=Nc2c(F)cc(C3=NCN(c4ccc(C5CCN(C)CC5)cn4)C=C3F)cc21. The molecule has 1 aromatic carbocycles. The number of halogens is 2. The van der Waals surface area contributed by atoms with E-state index in [1.807, 2.05) is 25.3 Å². The van der Waals surface area contributed by atoms with E-state index in [0.29, 0.717) is 23.0 Å². The van der Waals surface area contributed by atoms with Crippen LogP contribution in [0.1, 0.15) is 62.6 Å².